The number of carbonyl (C=O) groups excluding carboxylic acids is 1. The van der Waals surface area contributed by atoms with E-state index < -0.39 is 23.8 Å². The first-order valence-corrected chi connectivity index (χ1v) is 7.47. The average Bonchev–Trinajstić information content (AvgIpc) is 3.00. The van der Waals surface area contributed by atoms with E-state index in [4.69, 9.17) is 0 Å². The molecule has 0 spiro atoms. The zero-order chi connectivity index (χ0) is 17.4. The summed E-state index contributed by atoms with van der Waals surface area (Å²) in [6.45, 7) is 3.20. The highest BCUT2D eigenvalue weighted by Gasteiger charge is 2.38. The molecule has 0 bridgehead atoms. The van der Waals surface area contributed by atoms with Crippen molar-refractivity contribution in [3.63, 3.8) is 0 Å². The summed E-state index contributed by atoms with van der Waals surface area (Å²) in [5.74, 6) is -0.430. The molecule has 2 rings (SSSR count). The van der Waals surface area contributed by atoms with Gasteiger partial charge in [0.2, 0.25) is 5.91 Å². The van der Waals surface area contributed by atoms with Gasteiger partial charge >= 0.3 is 6.18 Å². The number of halogens is 4. The second-order valence-electron chi connectivity index (χ2n) is 5.11. The van der Waals surface area contributed by atoms with Gasteiger partial charge in [0.05, 0.1) is 16.4 Å². The van der Waals surface area contributed by atoms with Crippen LogP contribution in [0, 0.1) is 6.92 Å². The minimum Gasteiger partial charge on any atom is -0.350 e. The van der Waals surface area contributed by atoms with E-state index in [1.165, 1.54) is 13.8 Å². The predicted molar refractivity (Wildman–Crippen MR) is 79.4 cm³/mol. The Labute approximate surface area is 138 Å². The molecule has 2 aromatic rings. The smallest absolute Gasteiger partial charge is 0.350 e. The van der Waals surface area contributed by atoms with Crippen molar-refractivity contribution in [2.45, 2.75) is 32.6 Å². The summed E-state index contributed by atoms with van der Waals surface area (Å²) in [4.78, 5) is 12.2. The van der Waals surface area contributed by atoms with Gasteiger partial charge in [0.25, 0.3) is 0 Å². The van der Waals surface area contributed by atoms with Crippen molar-refractivity contribution in [3.8, 4) is 0 Å². The van der Waals surface area contributed by atoms with Crippen LogP contribution in [0.5, 0.6) is 0 Å². The number of aromatic nitrogens is 4. The lowest BCUT2D eigenvalue weighted by Crippen LogP contribution is -2.31. The molecule has 6 nitrogen and oxygen atoms in total. The first-order chi connectivity index (χ1) is 10.6. The number of carbonyl (C=O) groups is 1. The maximum absolute atomic E-state index is 12.9. The van der Waals surface area contributed by atoms with E-state index in [1.807, 2.05) is 0 Å². The third-order valence-electron chi connectivity index (χ3n) is 3.32. The first kappa shape index (κ1) is 17.5. The van der Waals surface area contributed by atoms with Crippen LogP contribution in [0.4, 0.5) is 13.2 Å². The Bertz CT molecular complexity index is 722. The fraction of sp³-hybridized carbons (Fsp3) is 0.462. The molecule has 0 aliphatic carbocycles. The monoisotopic (exact) mass is 393 g/mol. The van der Waals surface area contributed by atoms with Gasteiger partial charge in [-0.25, -0.2) is 0 Å². The Hall–Kier alpha value is -1.84. The molecule has 1 unspecified atom stereocenters. The molecule has 126 valence electrons. The van der Waals surface area contributed by atoms with E-state index in [9.17, 15) is 18.0 Å². The molecule has 0 saturated carbocycles. The number of rotatable bonds is 4. The van der Waals surface area contributed by atoms with Crippen LogP contribution >= 0.6 is 15.9 Å². The Morgan fingerprint density at radius 1 is 1.48 bits per heavy atom. The van der Waals surface area contributed by atoms with Crippen molar-refractivity contribution in [1.82, 2.24) is 24.9 Å². The molecule has 10 heteroatoms. The van der Waals surface area contributed by atoms with Crippen molar-refractivity contribution in [3.05, 3.63) is 33.8 Å². The van der Waals surface area contributed by atoms with Gasteiger partial charge in [-0.3, -0.25) is 14.2 Å². The van der Waals surface area contributed by atoms with Crippen LogP contribution in [-0.4, -0.2) is 25.5 Å². The van der Waals surface area contributed by atoms with Crippen LogP contribution in [-0.2, 0) is 24.6 Å². The summed E-state index contributed by atoms with van der Waals surface area (Å²) in [6.07, 6.45) is -1.24. The van der Waals surface area contributed by atoms with Crippen LogP contribution < -0.4 is 5.32 Å². The third kappa shape index (κ3) is 3.74. The average molecular weight is 394 g/mol. The van der Waals surface area contributed by atoms with Gasteiger partial charge in [0.1, 0.15) is 6.04 Å². The second kappa shape index (κ2) is 6.34. The highest BCUT2D eigenvalue weighted by atomic mass is 79.9. The molecule has 1 atom stereocenters. The van der Waals surface area contributed by atoms with Gasteiger partial charge in [0, 0.05) is 25.4 Å². The van der Waals surface area contributed by atoms with Crippen molar-refractivity contribution in [2.24, 2.45) is 7.05 Å². The lowest BCUT2D eigenvalue weighted by molar-refractivity contribution is -0.142. The summed E-state index contributed by atoms with van der Waals surface area (Å²) >= 11 is 2.89. The van der Waals surface area contributed by atoms with Crippen LogP contribution in [0.1, 0.15) is 29.9 Å². The van der Waals surface area contributed by atoms with E-state index in [1.54, 1.807) is 24.1 Å². The summed E-state index contributed by atoms with van der Waals surface area (Å²) in [7, 11) is 1.75. The lowest BCUT2D eigenvalue weighted by atomic mass is 10.3. The molecule has 0 aliphatic heterocycles. The molecule has 0 fully saturated rings. The molecule has 0 saturated heterocycles. The molecule has 1 amide bonds. The number of nitrogens with zero attached hydrogens (tertiary/aromatic N) is 4. The first-order valence-electron chi connectivity index (χ1n) is 6.68. The van der Waals surface area contributed by atoms with Gasteiger partial charge in [-0.1, -0.05) is 0 Å². The highest BCUT2D eigenvalue weighted by Crippen LogP contribution is 2.36. The number of hydrogen-bond acceptors (Lipinski definition) is 3. The van der Waals surface area contributed by atoms with E-state index in [2.05, 4.69) is 31.4 Å². The Morgan fingerprint density at radius 3 is 2.61 bits per heavy atom. The van der Waals surface area contributed by atoms with E-state index in [0.29, 0.717) is 0 Å². The van der Waals surface area contributed by atoms with Gasteiger partial charge in [0.15, 0.2) is 5.69 Å². The van der Waals surface area contributed by atoms with Crippen LogP contribution in [0.3, 0.4) is 0 Å². The number of hydrogen-bond donors (Lipinski definition) is 1. The fourth-order valence-electron chi connectivity index (χ4n) is 2.07. The topological polar surface area (TPSA) is 64.7 Å². The number of alkyl halides is 3. The van der Waals surface area contributed by atoms with Gasteiger partial charge in [-0.05, 0) is 29.8 Å². The van der Waals surface area contributed by atoms with E-state index in [-0.39, 0.29) is 16.7 Å². The zero-order valence-electron chi connectivity index (χ0n) is 12.6. The number of amides is 1. The second-order valence-corrected chi connectivity index (χ2v) is 5.90. The third-order valence-corrected chi connectivity index (χ3v) is 4.27. The highest BCUT2D eigenvalue weighted by molar-refractivity contribution is 9.10. The van der Waals surface area contributed by atoms with Crippen molar-refractivity contribution in [2.75, 3.05) is 0 Å². The molecule has 0 aliphatic rings. The molecule has 0 aromatic carbocycles. The minimum absolute atomic E-state index is 0.156. The summed E-state index contributed by atoms with van der Waals surface area (Å²) in [5, 5.41) is 10.2. The number of nitrogens with one attached hydrogen (secondary N) is 1. The molecule has 2 heterocycles. The van der Waals surface area contributed by atoms with E-state index in [0.717, 1.165) is 10.2 Å². The molecule has 0 radical (unpaired) electrons. The fourth-order valence-corrected chi connectivity index (χ4v) is 2.55. The quantitative estimate of drug-likeness (QED) is 0.867. The largest absolute Gasteiger partial charge is 0.436 e. The maximum atomic E-state index is 12.9. The Kier molecular flexibility index (Phi) is 4.83. The van der Waals surface area contributed by atoms with Crippen LogP contribution in [0.25, 0.3) is 0 Å². The summed E-state index contributed by atoms with van der Waals surface area (Å²) < 4.78 is 41.1. The molecule has 1 N–H and O–H groups in total. The normalized spacial score (nSPS) is 13.2. The van der Waals surface area contributed by atoms with Crippen LogP contribution in [0.2, 0.25) is 0 Å². The van der Waals surface area contributed by atoms with Crippen molar-refractivity contribution in [1.29, 1.82) is 0 Å². The number of aryl methyl sites for hydroxylation is 1. The van der Waals surface area contributed by atoms with E-state index >= 15 is 0 Å². The van der Waals surface area contributed by atoms with Gasteiger partial charge < -0.3 is 5.32 Å². The lowest BCUT2D eigenvalue weighted by Gasteiger charge is -2.14. The maximum Gasteiger partial charge on any atom is 0.436 e. The molecular formula is C13H15BrF3N5O. The SMILES string of the molecule is Cc1c(Br)c(C(F)(F)F)nn1C(C)C(=O)NCc1cnn(C)c1. The zero-order valence-corrected chi connectivity index (χ0v) is 14.2. The Morgan fingerprint density at radius 2 is 2.13 bits per heavy atom. The molecule has 23 heavy (non-hydrogen) atoms. The standard InChI is InChI=1S/C13H15BrF3N5O/c1-7-10(14)11(13(15,16)17)20-22(7)8(2)12(23)18-4-9-5-19-21(3)6-9/h5-6,8H,4H2,1-3H3,(H,18,23). The Balaban J connectivity index is 2.13. The van der Waals surface area contributed by atoms with Gasteiger partial charge in [-0.15, -0.1) is 0 Å². The van der Waals surface area contributed by atoms with Crippen molar-refractivity contribution < 1.29 is 18.0 Å². The summed E-state index contributed by atoms with van der Waals surface area (Å²) in [5.41, 5.74) is -0.00865. The minimum atomic E-state index is -4.58. The van der Waals surface area contributed by atoms with Crippen molar-refractivity contribution >= 4 is 21.8 Å². The van der Waals surface area contributed by atoms with Crippen LogP contribution in [0.15, 0.2) is 16.9 Å². The predicted octanol–water partition coefficient (Wildman–Crippen LogP) is 2.58. The molecular weight excluding hydrogens is 379 g/mol. The summed E-state index contributed by atoms with van der Waals surface area (Å²) in [6, 6.07) is -0.876. The molecule has 2 aromatic heterocycles. The van der Waals surface area contributed by atoms with Gasteiger partial charge in [-0.2, -0.15) is 23.4 Å².